The molecule has 1 saturated carbocycles. The van der Waals surface area contributed by atoms with E-state index in [1.165, 1.54) is 31.2 Å². The van der Waals surface area contributed by atoms with E-state index in [2.05, 4.69) is 40.2 Å². The zero-order valence-electron chi connectivity index (χ0n) is 19.5. The Morgan fingerprint density at radius 1 is 0.857 bits per heavy atom. The van der Waals surface area contributed by atoms with E-state index in [0.29, 0.717) is 28.3 Å². The van der Waals surface area contributed by atoms with E-state index in [-0.39, 0.29) is 11.9 Å². The Balaban J connectivity index is 1.44. The van der Waals surface area contributed by atoms with Gasteiger partial charge in [-0.05, 0) is 72.8 Å². The molecule has 0 radical (unpaired) electrons. The van der Waals surface area contributed by atoms with Crippen LogP contribution in [0.4, 0.5) is 10.5 Å². The fourth-order valence-corrected chi connectivity index (χ4v) is 5.26. The second-order valence-electron chi connectivity index (χ2n) is 9.05. The molecule has 3 N–H and O–H groups in total. The van der Waals surface area contributed by atoms with Gasteiger partial charge >= 0.3 is 6.03 Å². The largest absolute Gasteiger partial charge is 0.337 e. The number of urea groups is 1. The van der Waals surface area contributed by atoms with Crippen molar-refractivity contribution in [2.24, 2.45) is 0 Å². The highest BCUT2D eigenvalue weighted by atomic mass is 35.5. The van der Waals surface area contributed by atoms with Gasteiger partial charge in [-0.25, -0.2) is 4.79 Å². The molecule has 0 heterocycles. The summed E-state index contributed by atoms with van der Waals surface area (Å²) in [6.07, 6.45) is 6.03. The van der Waals surface area contributed by atoms with Gasteiger partial charge in [-0.2, -0.15) is 0 Å². The first-order valence-corrected chi connectivity index (χ1v) is 13.2. The molecule has 1 aliphatic carbocycles. The molecule has 1 unspecified atom stereocenters. The van der Waals surface area contributed by atoms with Crippen LogP contribution >= 0.6 is 34.8 Å². The fourth-order valence-electron chi connectivity index (χ4n) is 4.61. The highest BCUT2D eigenvalue weighted by Gasteiger charge is 2.17. The van der Waals surface area contributed by atoms with Crippen molar-refractivity contribution in [3.05, 3.63) is 87.4 Å². The number of hydrogen-bond donors (Lipinski definition) is 3. The predicted molar refractivity (Wildman–Crippen MR) is 148 cm³/mol. The molecule has 4 nitrogen and oxygen atoms in total. The molecule has 0 saturated heterocycles. The number of anilines is 1. The standard InChI is InChI=1S/C28H30Cl3N3O/c29-23-10-8-19(9-11-23)20-4-3-5-21(14-20)22(12-13-32-26-6-1-2-7-26)18-33-28(35)34-27-16-24(30)15-25(31)17-27/h3-5,8-11,14-17,22,26,32H,1-2,6-7,12-13,18H2,(H2,33,34,35). The molecule has 1 aliphatic rings. The lowest BCUT2D eigenvalue weighted by Crippen LogP contribution is -2.34. The number of amides is 2. The third kappa shape index (κ3) is 7.88. The summed E-state index contributed by atoms with van der Waals surface area (Å²) in [6.45, 7) is 1.42. The number of carbonyl (C=O) groups is 1. The van der Waals surface area contributed by atoms with Crippen LogP contribution < -0.4 is 16.0 Å². The third-order valence-electron chi connectivity index (χ3n) is 6.45. The minimum atomic E-state index is -0.286. The van der Waals surface area contributed by atoms with Crippen LogP contribution in [0.1, 0.15) is 43.6 Å². The zero-order chi connectivity index (χ0) is 24.6. The maximum Gasteiger partial charge on any atom is 0.319 e. The van der Waals surface area contributed by atoms with Gasteiger partial charge in [-0.3, -0.25) is 0 Å². The van der Waals surface area contributed by atoms with Crippen molar-refractivity contribution in [2.75, 3.05) is 18.4 Å². The number of carbonyl (C=O) groups excluding carboxylic acids is 1. The van der Waals surface area contributed by atoms with Crippen LogP contribution in [-0.4, -0.2) is 25.2 Å². The number of rotatable bonds is 9. The molecule has 1 atom stereocenters. The molecule has 2 amide bonds. The zero-order valence-corrected chi connectivity index (χ0v) is 21.8. The quantitative estimate of drug-likeness (QED) is 0.261. The normalized spacial score (nSPS) is 14.6. The van der Waals surface area contributed by atoms with Crippen LogP contribution in [0.5, 0.6) is 0 Å². The number of benzene rings is 3. The molecular weight excluding hydrogens is 501 g/mol. The predicted octanol–water partition coefficient (Wildman–Crippen LogP) is 8.14. The maximum atomic E-state index is 12.6. The summed E-state index contributed by atoms with van der Waals surface area (Å²) in [6, 6.07) is 21.7. The van der Waals surface area contributed by atoms with Crippen molar-refractivity contribution in [3.63, 3.8) is 0 Å². The van der Waals surface area contributed by atoms with E-state index in [4.69, 9.17) is 34.8 Å². The highest BCUT2D eigenvalue weighted by Crippen LogP contribution is 2.27. The topological polar surface area (TPSA) is 53.2 Å². The average Bonchev–Trinajstić information content (AvgIpc) is 3.35. The molecule has 7 heteroatoms. The highest BCUT2D eigenvalue weighted by molar-refractivity contribution is 6.35. The Morgan fingerprint density at radius 2 is 1.57 bits per heavy atom. The number of halogens is 3. The van der Waals surface area contributed by atoms with Crippen molar-refractivity contribution in [2.45, 2.75) is 44.1 Å². The summed E-state index contributed by atoms with van der Waals surface area (Å²) in [4.78, 5) is 12.6. The number of nitrogens with one attached hydrogen (secondary N) is 3. The van der Waals surface area contributed by atoms with Crippen molar-refractivity contribution >= 4 is 46.5 Å². The molecule has 0 aromatic heterocycles. The average molecular weight is 531 g/mol. The van der Waals surface area contributed by atoms with Crippen LogP contribution in [0.15, 0.2) is 66.7 Å². The summed E-state index contributed by atoms with van der Waals surface area (Å²) >= 11 is 18.2. The Labute approximate surface area is 222 Å². The van der Waals surface area contributed by atoms with E-state index in [9.17, 15) is 4.79 Å². The molecule has 0 aliphatic heterocycles. The first-order chi connectivity index (χ1) is 17.0. The first-order valence-electron chi connectivity index (χ1n) is 12.1. The van der Waals surface area contributed by atoms with Crippen molar-refractivity contribution in [3.8, 4) is 11.1 Å². The molecule has 184 valence electrons. The molecule has 3 aromatic rings. The Morgan fingerprint density at radius 3 is 2.29 bits per heavy atom. The monoisotopic (exact) mass is 529 g/mol. The van der Waals surface area contributed by atoms with Gasteiger partial charge in [-0.1, -0.05) is 84.0 Å². The fraction of sp³-hybridized carbons (Fsp3) is 0.321. The summed E-state index contributed by atoms with van der Waals surface area (Å²) in [5.41, 5.74) is 3.99. The third-order valence-corrected chi connectivity index (χ3v) is 7.13. The van der Waals surface area contributed by atoms with Gasteiger partial charge < -0.3 is 16.0 Å². The van der Waals surface area contributed by atoms with Crippen LogP contribution in [0, 0.1) is 0 Å². The number of hydrogen-bond acceptors (Lipinski definition) is 2. The first kappa shape index (κ1) is 25.8. The maximum absolute atomic E-state index is 12.6. The van der Waals surface area contributed by atoms with E-state index in [1.807, 2.05) is 24.3 Å². The Hall–Kier alpha value is -2.24. The summed E-state index contributed by atoms with van der Waals surface area (Å²) in [5.74, 6) is 0.157. The summed E-state index contributed by atoms with van der Waals surface area (Å²) in [7, 11) is 0. The molecule has 0 spiro atoms. The van der Waals surface area contributed by atoms with Gasteiger partial charge in [0.05, 0.1) is 0 Å². The summed E-state index contributed by atoms with van der Waals surface area (Å²) in [5, 5.41) is 11.2. The lowest BCUT2D eigenvalue weighted by atomic mass is 9.92. The van der Waals surface area contributed by atoms with Gasteiger partial charge in [-0.15, -0.1) is 0 Å². The lowest BCUT2D eigenvalue weighted by molar-refractivity contribution is 0.251. The van der Waals surface area contributed by atoms with E-state index in [0.717, 1.165) is 29.1 Å². The van der Waals surface area contributed by atoms with Gasteiger partial charge in [0.2, 0.25) is 0 Å². The Bertz CT molecular complexity index is 1110. The van der Waals surface area contributed by atoms with Gasteiger partial charge in [0, 0.05) is 39.3 Å². The van der Waals surface area contributed by atoms with E-state index in [1.54, 1.807) is 18.2 Å². The minimum Gasteiger partial charge on any atom is -0.337 e. The summed E-state index contributed by atoms with van der Waals surface area (Å²) < 4.78 is 0. The molecule has 35 heavy (non-hydrogen) atoms. The Kier molecular flexibility index (Phi) is 9.33. The van der Waals surface area contributed by atoms with Gasteiger partial charge in [0.1, 0.15) is 0 Å². The second-order valence-corrected chi connectivity index (χ2v) is 10.4. The lowest BCUT2D eigenvalue weighted by Gasteiger charge is -2.21. The SMILES string of the molecule is O=C(NCC(CCNC1CCCC1)c1cccc(-c2ccc(Cl)cc2)c1)Nc1cc(Cl)cc(Cl)c1. The molecule has 0 bridgehead atoms. The molecule has 4 rings (SSSR count). The minimum absolute atomic E-state index is 0.157. The van der Waals surface area contributed by atoms with Crippen LogP contribution in [0.2, 0.25) is 15.1 Å². The van der Waals surface area contributed by atoms with Crippen molar-refractivity contribution < 1.29 is 4.79 Å². The smallest absolute Gasteiger partial charge is 0.319 e. The van der Waals surface area contributed by atoms with Crippen LogP contribution in [-0.2, 0) is 0 Å². The van der Waals surface area contributed by atoms with Gasteiger partial charge in [0.25, 0.3) is 0 Å². The molecular formula is C28H30Cl3N3O. The van der Waals surface area contributed by atoms with Crippen LogP contribution in [0.3, 0.4) is 0 Å². The van der Waals surface area contributed by atoms with E-state index < -0.39 is 0 Å². The molecule has 3 aromatic carbocycles. The van der Waals surface area contributed by atoms with E-state index >= 15 is 0 Å². The van der Waals surface area contributed by atoms with Crippen molar-refractivity contribution in [1.29, 1.82) is 0 Å². The molecule has 1 fully saturated rings. The van der Waals surface area contributed by atoms with Gasteiger partial charge in [0.15, 0.2) is 0 Å². The van der Waals surface area contributed by atoms with Crippen molar-refractivity contribution in [1.82, 2.24) is 10.6 Å². The van der Waals surface area contributed by atoms with Crippen LogP contribution in [0.25, 0.3) is 11.1 Å². The second kappa shape index (κ2) is 12.6.